The van der Waals surface area contributed by atoms with Gasteiger partial charge in [-0.25, -0.2) is 0 Å². The number of nitrogens with zero attached hydrogens (tertiary/aromatic N) is 1. The number of fused-ring (bicyclic) bond motifs is 1. The fourth-order valence-electron chi connectivity index (χ4n) is 2.30. The third-order valence-electron chi connectivity index (χ3n) is 2.90. The second-order valence-corrected chi connectivity index (χ2v) is 3.61. The number of aliphatic hydroxyl groups excluding tert-OH is 1. The van der Waals surface area contributed by atoms with Crippen LogP contribution in [0.5, 0.6) is 0 Å². The van der Waals surface area contributed by atoms with Crippen LogP contribution in [0.25, 0.3) is 0 Å². The van der Waals surface area contributed by atoms with Crippen LogP contribution in [0.15, 0.2) is 12.2 Å². The molecule has 0 aromatic heterocycles. The zero-order chi connectivity index (χ0) is 8.06. The quantitative estimate of drug-likeness (QED) is 0.312. The zero-order valence-electron chi connectivity index (χ0n) is 6.49. The second kappa shape index (κ2) is 2.06. The molecule has 3 nitrogen and oxygen atoms in total. The van der Waals surface area contributed by atoms with Crippen LogP contribution in [-0.2, 0) is 0 Å². The molecular formula is C8H13NO2. The highest BCUT2D eigenvalue weighted by atomic mass is 16.6. The largest absolute Gasteiger partial charge is 0.632 e. The molecule has 0 amide bonds. The molecule has 0 aliphatic carbocycles. The normalized spacial score (nSPS) is 49.8. The maximum atomic E-state index is 11.8. The highest BCUT2D eigenvalue weighted by molar-refractivity contribution is 5.11. The van der Waals surface area contributed by atoms with Crippen molar-refractivity contribution in [1.29, 1.82) is 0 Å². The predicted octanol–water partition coefficient (Wildman–Crippen LogP) is 0.394. The van der Waals surface area contributed by atoms with Crippen LogP contribution >= 0.6 is 0 Å². The number of rotatable bonds is 0. The summed E-state index contributed by atoms with van der Waals surface area (Å²) in [6, 6.07) is -0.199. The van der Waals surface area contributed by atoms with E-state index in [9.17, 15) is 10.3 Å². The molecule has 3 heteroatoms. The molecule has 0 spiro atoms. The Balaban J connectivity index is 2.30. The summed E-state index contributed by atoms with van der Waals surface area (Å²) in [4.78, 5) is 0. The van der Waals surface area contributed by atoms with E-state index < -0.39 is 6.10 Å². The number of aliphatic hydroxyl groups is 1. The van der Waals surface area contributed by atoms with Gasteiger partial charge in [-0.15, -0.1) is 0 Å². The Morgan fingerprint density at radius 3 is 2.91 bits per heavy atom. The van der Waals surface area contributed by atoms with Gasteiger partial charge in [0.25, 0.3) is 0 Å². The van der Waals surface area contributed by atoms with Gasteiger partial charge in [0.2, 0.25) is 0 Å². The molecular weight excluding hydrogens is 142 g/mol. The van der Waals surface area contributed by atoms with Crippen molar-refractivity contribution in [1.82, 2.24) is 0 Å². The maximum absolute atomic E-state index is 11.8. The Bertz CT molecular complexity index is 204. The topological polar surface area (TPSA) is 43.3 Å². The molecule has 2 aliphatic rings. The molecule has 2 fully saturated rings. The van der Waals surface area contributed by atoms with Gasteiger partial charge in [0.05, 0.1) is 13.1 Å². The number of quaternary nitrogens is 1. The molecule has 0 saturated carbocycles. The maximum Gasteiger partial charge on any atom is 0.137 e. The van der Waals surface area contributed by atoms with Gasteiger partial charge >= 0.3 is 0 Å². The SMILES string of the molecule is C=C1CC[N+]2([O-])CCC(O)C12. The van der Waals surface area contributed by atoms with Crippen molar-refractivity contribution in [2.75, 3.05) is 13.1 Å². The summed E-state index contributed by atoms with van der Waals surface area (Å²) < 4.78 is -0.208. The Morgan fingerprint density at radius 2 is 2.27 bits per heavy atom. The van der Waals surface area contributed by atoms with Crippen LogP contribution in [0, 0.1) is 5.21 Å². The van der Waals surface area contributed by atoms with Crippen LogP contribution in [0.3, 0.4) is 0 Å². The molecule has 0 bridgehead atoms. The van der Waals surface area contributed by atoms with Gasteiger partial charge in [-0.05, 0) is 5.57 Å². The monoisotopic (exact) mass is 155 g/mol. The Kier molecular flexibility index (Phi) is 1.36. The molecule has 0 aromatic carbocycles. The molecule has 62 valence electrons. The molecule has 3 unspecified atom stereocenters. The molecule has 0 radical (unpaired) electrons. The Morgan fingerprint density at radius 1 is 1.55 bits per heavy atom. The third-order valence-corrected chi connectivity index (χ3v) is 2.90. The van der Waals surface area contributed by atoms with E-state index in [1.807, 2.05) is 0 Å². The third kappa shape index (κ3) is 0.851. The molecule has 2 heterocycles. The lowest BCUT2D eigenvalue weighted by molar-refractivity contribution is -0.878. The van der Waals surface area contributed by atoms with E-state index in [1.165, 1.54) is 0 Å². The van der Waals surface area contributed by atoms with Crippen LogP contribution in [0.4, 0.5) is 0 Å². The standard InChI is InChI=1S/C8H13NO2/c1-6-2-4-9(11)5-3-7(10)8(6)9/h7-8,10H,1-5H2. The van der Waals surface area contributed by atoms with Gasteiger partial charge < -0.3 is 15.0 Å². The molecule has 2 aliphatic heterocycles. The predicted molar refractivity (Wildman–Crippen MR) is 41.5 cm³/mol. The fraction of sp³-hybridized carbons (Fsp3) is 0.750. The van der Waals surface area contributed by atoms with Crippen LogP contribution in [0.2, 0.25) is 0 Å². The van der Waals surface area contributed by atoms with Gasteiger partial charge in [-0.1, -0.05) is 6.58 Å². The van der Waals surface area contributed by atoms with Crippen LogP contribution < -0.4 is 0 Å². The van der Waals surface area contributed by atoms with Crippen molar-refractivity contribution >= 4 is 0 Å². The summed E-state index contributed by atoms with van der Waals surface area (Å²) in [6.45, 7) is 5.02. The first-order valence-electron chi connectivity index (χ1n) is 4.07. The molecule has 1 N–H and O–H groups in total. The lowest BCUT2D eigenvalue weighted by Crippen LogP contribution is -2.44. The summed E-state index contributed by atoms with van der Waals surface area (Å²) in [6.07, 6.45) is 1.01. The first-order chi connectivity index (χ1) is 5.13. The highest BCUT2D eigenvalue weighted by Crippen LogP contribution is 2.37. The summed E-state index contributed by atoms with van der Waals surface area (Å²) in [5, 5.41) is 21.3. The highest BCUT2D eigenvalue weighted by Gasteiger charge is 2.47. The molecule has 0 aromatic rings. The second-order valence-electron chi connectivity index (χ2n) is 3.61. The van der Waals surface area contributed by atoms with Gasteiger partial charge in [-0.3, -0.25) is 0 Å². The van der Waals surface area contributed by atoms with Gasteiger partial charge in [0, 0.05) is 12.8 Å². The van der Waals surface area contributed by atoms with E-state index in [0.29, 0.717) is 19.5 Å². The van der Waals surface area contributed by atoms with Crippen molar-refractivity contribution in [2.24, 2.45) is 0 Å². The minimum absolute atomic E-state index is 0.199. The van der Waals surface area contributed by atoms with E-state index in [4.69, 9.17) is 0 Å². The summed E-state index contributed by atoms with van der Waals surface area (Å²) in [5.41, 5.74) is 0.949. The van der Waals surface area contributed by atoms with Gasteiger partial charge in [0.15, 0.2) is 0 Å². The minimum atomic E-state index is -0.428. The van der Waals surface area contributed by atoms with E-state index in [0.717, 1.165) is 12.0 Å². The average Bonchev–Trinajstić information content (AvgIpc) is 2.38. The first kappa shape index (κ1) is 7.28. The van der Waals surface area contributed by atoms with E-state index in [2.05, 4.69) is 6.58 Å². The zero-order valence-corrected chi connectivity index (χ0v) is 6.49. The van der Waals surface area contributed by atoms with E-state index in [1.54, 1.807) is 0 Å². The Labute approximate surface area is 66.1 Å². The van der Waals surface area contributed by atoms with Crippen LogP contribution in [-0.4, -0.2) is 35.0 Å². The summed E-state index contributed by atoms with van der Waals surface area (Å²) >= 11 is 0. The smallest absolute Gasteiger partial charge is 0.137 e. The van der Waals surface area contributed by atoms with Gasteiger partial charge in [0.1, 0.15) is 12.1 Å². The molecule has 2 saturated heterocycles. The summed E-state index contributed by atoms with van der Waals surface area (Å²) in [7, 11) is 0. The van der Waals surface area contributed by atoms with Crippen molar-refractivity contribution in [3.8, 4) is 0 Å². The number of hydrogen-bond donors (Lipinski definition) is 1. The lowest BCUT2D eigenvalue weighted by atomic mass is 10.1. The average molecular weight is 155 g/mol. The lowest BCUT2D eigenvalue weighted by Gasteiger charge is -2.39. The van der Waals surface area contributed by atoms with Gasteiger partial charge in [-0.2, -0.15) is 0 Å². The van der Waals surface area contributed by atoms with E-state index >= 15 is 0 Å². The van der Waals surface area contributed by atoms with Crippen molar-refractivity contribution in [2.45, 2.75) is 25.0 Å². The molecule has 3 atom stereocenters. The number of hydroxylamine groups is 3. The number of hydrogen-bond acceptors (Lipinski definition) is 2. The van der Waals surface area contributed by atoms with Crippen molar-refractivity contribution in [3.05, 3.63) is 17.4 Å². The van der Waals surface area contributed by atoms with E-state index in [-0.39, 0.29) is 10.7 Å². The first-order valence-corrected chi connectivity index (χ1v) is 4.07. The minimum Gasteiger partial charge on any atom is -0.632 e. The van der Waals surface area contributed by atoms with Crippen molar-refractivity contribution < 1.29 is 9.75 Å². The molecule has 2 rings (SSSR count). The van der Waals surface area contributed by atoms with Crippen LogP contribution in [0.1, 0.15) is 12.8 Å². The Hall–Kier alpha value is -0.380. The molecule has 11 heavy (non-hydrogen) atoms. The summed E-state index contributed by atoms with van der Waals surface area (Å²) in [5.74, 6) is 0. The fourth-order valence-corrected chi connectivity index (χ4v) is 2.30. The van der Waals surface area contributed by atoms with Crippen molar-refractivity contribution in [3.63, 3.8) is 0 Å².